The van der Waals surface area contributed by atoms with E-state index in [9.17, 15) is 9.59 Å². The number of aromatic nitrogens is 2. The maximum Gasteiger partial charge on any atom is 0.326 e. The van der Waals surface area contributed by atoms with Gasteiger partial charge in [-0.25, -0.2) is 4.79 Å². The van der Waals surface area contributed by atoms with E-state index in [0.29, 0.717) is 18.5 Å². The summed E-state index contributed by atoms with van der Waals surface area (Å²) >= 11 is 0. The number of hydrogen-bond donors (Lipinski definition) is 1. The number of nitrogens with zero attached hydrogens (tertiary/aromatic N) is 3. The second-order valence-electron chi connectivity index (χ2n) is 3.98. The Morgan fingerprint density at radius 2 is 2.18 bits per heavy atom. The molecule has 0 spiro atoms. The average Bonchev–Trinajstić information content (AvgIpc) is 2.39. The Labute approximate surface area is 98.3 Å². The highest BCUT2D eigenvalue weighted by molar-refractivity contribution is 5.96. The number of carbonyl (C=O) groups excluding carboxylic acids is 1. The molecule has 17 heavy (non-hydrogen) atoms. The lowest BCUT2D eigenvalue weighted by Gasteiger charge is -2.32. The Bertz CT molecular complexity index is 421. The van der Waals surface area contributed by atoms with Crippen LogP contribution in [0.1, 0.15) is 29.6 Å². The predicted molar refractivity (Wildman–Crippen MR) is 58.3 cm³/mol. The molecule has 1 aliphatic rings. The molecular formula is C11H13N3O3. The topological polar surface area (TPSA) is 83.4 Å². The highest BCUT2D eigenvalue weighted by Gasteiger charge is 2.32. The molecule has 1 N–H and O–H groups in total. The molecule has 1 amide bonds. The largest absolute Gasteiger partial charge is 0.480 e. The molecule has 0 aromatic carbocycles. The summed E-state index contributed by atoms with van der Waals surface area (Å²) in [5.74, 6) is -1.23. The van der Waals surface area contributed by atoms with Crippen LogP contribution in [-0.2, 0) is 4.79 Å². The number of piperidine rings is 1. The molecule has 2 heterocycles. The van der Waals surface area contributed by atoms with Crippen molar-refractivity contribution in [2.24, 2.45) is 0 Å². The lowest BCUT2D eigenvalue weighted by molar-refractivity contribution is -0.143. The van der Waals surface area contributed by atoms with Crippen LogP contribution in [0.3, 0.4) is 0 Å². The predicted octanol–water partition coefficient (Wildman–Crippen LogP) is 0.556. The van der Waals surface area contributed by atoms with Crippen LogP contribution in [-0.4, -0.2) is 44.7 Å². The molecule has 0 aliphatic carbocycles. The number of carboxylic acid groups (broad SMARTS) is 1. The van der Waals surface area contributed by atoms with Crippen LogP contribution < -0.4 is 0 Å². The van der Waals surface area contributed by atoms with Crippen molar-refractivity contribution in [2.45, 2.75) is 25.3 Å². The van der Waals surface area contributed by atoms with Crippen LogP contribution in [0.5, 0.6) is 0 Å². The molecular weight excluding hydrogens is 222 g/mol. The zero-order chi connectivity index (χ0) is 12.3. The van der Waals surface area contributed by atoms with Crippen LogP contribution in [0.2, 0.25) is 0 Å². The van der Waals surface area contributed by atoms with Gasteiger partial charge in [-0.1, -0.05) is 0 Å². The fourth-order valence-corrected chi connectivity index (χ4v) is 2.01. The van der Waals surface area contributed by atoms with Gasteiger partial charge in [-0.15, -0.1) is 0 Å². The van der Waals surface area contributed by atoms with Crippen LogP contribution in [0.25, 0.3) is 0 Å². The number of hydrogen-bond acceptors (Lipinski definition) is 4. The third kappa shape index (κ3) is 2.41. The van der Waals surface area contributed by atoms with Crippen LogP contribution in [0, 0.1) is 0 Å². The molecule has 0 bridgehead atoms. The molecule has 6 heteroatoms. The van der Waals surface area contributed by atoms with Gasteiger partial charge in [0, 0.05) is 6.54 Å². The fourth-order valence-electron chi connectivity index (χ4n) is 2.01. The third-order valence-electron chi connectivity index (χ3n) is 2.88. The molecule has 2 rings (SSSR count). The van der Waals surface area contributed by atoms with E-state index in [0.717, 1.165) is 12.8 Å². The molecule has 1 saturated heterocycles. The standard InChI is InChI=1S/C11H13N3O3/c15-10(8-4-5-12-13-7-8)14-6-2-1-3-9(14)11(16)17/h4-5,7,9H,1-3,6H2,(H,16,17). The summed E-state index contributed by atoms with van der Waals surface area (Å²) < 4.78 is 0. The summed E-state index contributed by atoms with van der Waals surface area (Å²) in [6.07, 6.45) is 4.98. The van der Waals surface area contributed by atoms with Gasteiger partial charge in [0.1, 0.15) is 6.04 Å². The summed E-state index contributed by atoms with van der Waals surface area (Å²) in [6, 6.07) is 0.826. The van der Waals surface area contributed by atoms with E-state index >= 15 is 0 Å². The Balaban J connectivity index is 2.20. The fraction of sp³-hybridized carbons (Fsp3) is 0.455. The summed E-state index contributed by atoms with van der Waals surface area (Å²) in [6.45, 7) is 0.484. The van der Waals surface area contributed by atoms with Gasteiger partial charge >= 0.3 is 5.97 Å². The molecule has 1 aliphatic heterocycles. The van der Waals surface area contributed by atoms with Crippen molar-refractivity contribution in [2.75, 3.05) is 6.54 Å². The number of carboxylic acids is 1. The summed E-state index contributed by atoms with van der Waals surface area (Å²) in [5, 5.41) is 16.3. The van der Waals surface area contributed by atoms with Crippen molar-refractivity contribution in [1.29, 1.82) is 0 Å². The highest BCUT2D eigenvalue weighted by Crippen LogP contribution is 2.19. The Morgan fingerprint density at radius 1 is 1.35 bits per heavy atom. The van der Waals surface area contributed by atoms with Crippen LogP contribution in [0.4, 0.5) is 0 Å². The van der Waals surface area contributed by atoms with E-state index < -0.39 is 12.0 Å². The molecule has 6 nitrogen and oxygen atoms in total. The molecule has 1 unspecified atom stereocenters. The minimum absolute atomic E-state index is 0.285. The zero-order valence-corrected chi connectivity index (χ0v) is 9.24. The zero-order valence-electron chi connectivity index (χ0n) is 9.24. The van der Waals surface area contributed by atoms with Gasteiger partial charge < -0.3 is 10.0 Å². The lowest BCUT2D eigenvalue weighted by atomic mass is 10.0. The first kappa shape index (κ1) is 11.5. The van der Waals surface area contributed by atoms with Crippen molar-refractivity contribution in [3.8, 4) is 0 Å². The van der Waals surface area contributed by atoms with Crippen molar-refractivity contribution in [3.63, 3.8) is 0 Å². The number of carbonyl (C=O) groups is 2. The number of likely N-dealkylation sites (tertiary alicyclic amines) is 1. The monoisotopic (exact) mass is 235 g/mol. The number of amides is 1. The van der Waals surface area contributed by atoms with Gasteiger partial charge in [-0.3, -0.25) is 4.79 Å². The summed E-state index contributed by atoms with van der Waals surface area (Å²) in [4.78, 5) is 24.6. The van der Waals surface area contributed by atoms with Gasteiger partial charge in [0.15, 0.2) is 0 Å². The molecule has 1 aromatic heterocycles. The average molecular weight is 235 g/mol. The van der Waals surface area contributed by atoms with E-state index in [1.165, 1.54) is 17.3 Å². The minimum atomic E-state index is -0.944. The number of aliphatic carboxylic acids is 1. The first-order valence-corrected chi connectivity index (χ1v) is 5.50. The number of rotatable bonds is 2. The maximum atomic E-state index is 12.1. The maximum absolute atomic E-state index is 12.1. The van der Waals surface area contributed by atoms with Crippen molar-refractivity contribution in [3.05, 3.63) is 24.0 Å². The SMILES string of the molecule is O=C(O)C1CCCCN1C(=O)c1ccnnc1. The molecule has 1 aromatic rings. The highest BCUT2D eigenvalue weighted by atomic mass is 16.4. The van der Waals surface area contributed by atoms with Gasteiger partial charge in [-0.2, -0.15) is 10.2 Å². The quantitative estimate of drug-likeness (QED) is 0.809. The Hall–Kier alpha value is -1.98. The van der Waals surface area contributed by atoms with Crippen molar-refractivity contribution in [1.82, 2.24) is 15.1 Å². The van der Waals surface area contributed by atoms with Gasteiger partial charge in [0.2, 0.25) is 0 Å². The van der Waals surface area contributed by atoms with Crippen molar-refractivity contribution >= 4 is 11.9 Å². The molecule has 1 fully saturated rings. The molecule has 90 valence electrons. The van der Waals surface area contributed by atoms with Gasteiger partial charge in [-0.05, 0) is 25.3 Å². The Kier molecular flexibility index (Phi) is 3.32. The first-order valence-electron chi connectivity index (χ1n) is 5.50. The third-order valence-corrected chi connectivity index (χ3v) is 2.88. The lowest BCUT2D eigenvalue weighted by Crippen LogP contribution is -2.48. The molecule has 0 saturated carbocycles. The van der Waals surface area contributed by atoms with E-state index in [-0.39, 0.29) is 5.91 Å². The molecule has 1 atom stereocenters. The van der Waals surface area contributed by atoms with E-state index in [2.05, 4.69) is 10.2 Å². The van der Waals surface area contributed by atoms with Crippen molar-refractivity contribution < 1.29 is 14.7 Å². The summed E-state index contributed by atoms with van der Waals surface area (Å²) in [5.41, 5.74) is 0.383. The smallest absolute Gasteiger partial charge is 0.326 e. The first-order chi connectivity index (χ1) is 8.20. The second kappa shape index (κ2) is 4.90. The van der Waals surface area contributed by atoms with E-state index in [1.807, 2.05) is 0 Å². The minimum Gasteiger partial charge on any atom is -0.480 e. The Morgan fingerprint density at radius 3 is 2.82 bits per heavy atom. The molecule has 0 radical (unpaired) electrons. The summed E-state index contributed by atoms with van der Waals surface area (Å²) in [7, 11) is 0. The normalized spacial score (nSPS) is 20.0. The van der Waals surface area contributed by atoms with Gasteiger partial charge in [0.25, 0.3) is 5.91 Å². The van der Waals surface area contributed by atoms with Crippen LogP contribution >= 0.6 is 0 Å². The van der Waals surface area contributed by atoms with E-state index in [4.69, 9.17) is 5.11 Å². The van der Waals surface area contributed by atoms with Crippen LogP contribution in [0.15, 0.2) is 18.5 Å². The van der Waals surface area contributed by atoms with E-state index in [1.54, 1.807) is 6.07 Å². The van der Waals surface area contributed by atoms with Gasteiger partial charge in [0.05, 0.1) is 18.0 Å². The second-order valence-corrected chi connectivity index (χ2v) is 3.98.